The maximum atomic E-state index is 10.6. The van der Waals surface area contributed by atoms with Gasteiger partial charge >= 0.3 is 0 Å². The van der Waals surface area contributed by atoms with Gasteiger partial charge in [-0.2, -0.15) is 0 Å². The number of carbonyl (C=O) groups excluding carboxylic acids is 1. The van der Waals surface area contributed by atoms with E-state index in [1.165, 1.54) is 0 Å². The van der Waals surface area contributed by atoms with Crippen molar-refractivity contribution in [2.75, 3.05) is 6.61 Å². The molecule has 0 aliphatic rings. The van der Waals surface area contributed by atoms with Gasteiger partial charge in [-0.1, -0.05) is 23.7 Å². The average molecular weight is 227 g/mol. The lowest BCUT2D eigenvalue weighted by atomic mass is 10.2. The lowest BCUT2D eigenvalue weighted by Crippen LogP contribution is -1.98. The summed E-state index contributed by atoms with van der Waals surface area (Å²) in [6, 6.07) is 7.58. The van der Waals surface area contributed by atoms with Gasteiger partial charge in [0.1, 0.15) is 5.78 Å². The molecule has 0 fully saturated rings. The highest BCUT2D eigenvalue weighted by atomic mass is 35.5. The normalized spacial score (nSPS) is 10.3. The van der Waals surface area contributed by atoms with E-state index in [-0.39, 0.29) is 5.78 Å². The molecule has 0 atom stereocenters. The molecule has 3 heteroatoms. The highest BCUT2D eigenvalue weighted by molar-refractivity contribution is 6.30. The van der Waals surface area contributed by atoms with Crippen molar-refractivity contribution < 1.29 is 9.53 Å². The highest BCUT2D eigenvalue weighted by Gasteiger charge is 1.96. The Hall–Kier alpha value is -0.860. The van der Waals surface area contributed by atoms with E-state index in [0.717, 1.165) is 17.0 Å². The predicted molar refractivity (Wildman–Crippen MR) is 61.0 cm³/mol. The van der Waals surface area contributed by atoms with Gasteiger partial charge < -0.3 is 9.53 Å². The molecule has 0 aliphatic carbocycles. The fraction of sp³-hybridized carbons (Fsp3) is 0.417. The van der Waals surface area contributed by atoms with Gasteiger partial charge in [-0.05, 0) is 31.0 Å². The standard InChI is InChI=1S/C12H15ClO2/c1-10(14)4-3-7-15-9-11-5-2-6-12(13)8-11/h2,5-6,8H,3-4,7,9H2,1H3. The van der Waals surface area contributed by atoms with Crippen molar-refractivity contribution in [2.45, 2.75) is 26.4 Å². The largest absolute Gasteiger partial charge is 0.377 e. The van der Waals surface area contributed by atoms with E-state index >= 15 is 0 Å². The van der Waals surface area contributed by atoms with Crippen LogP contribution in [0, 0.1) is 0 Å². The molecule has 0 spiro atoms. The number of hydrogen-bond donors (Lipinski definition) is 0. The van der Waals surface area contributed by atoms with Crippen molar-refractivity contribution >= 4 is 17.4 Å². The monoisotopic (exact) mass is 226 g/mol. The Kier molecular flexibility index (Phi) is 5.37. The van der Waals surface area contributed by atoms with Gasteiger partial charge in [0.2, 0.25) is 0 Å². The fourth-order valence-electron chi connectivity index (χ4n) is 1.24. The summed E-state index contributed by atoms with van der Waals surface area (Å²) in [5.74, 6) is 0.210. The van der Waals surface area contributed by atoms with Crippen LogP contribution in [-0.2, 0) is 16.1 Å². The third-order valence-corrected chi connectivity index (χ3v) is 2.21. The van der Waals surface area contributed by atoms with Gasteiger partial charge in [-0.25, -0.2) is 0 Å². The molecular weight excluding hydrogens is 212 g/mol. The van der Waals surface area contributed by atoms with Crippen molar-refractivity contribution in [1.29, 1.82) is 0 Å². The third-order valence-electron chi connectivity index (χ3n) is 1.98. The first-order valence-electron chi connectivity index (χ1n) is 5.00. The number of ether oxygens (including phenoxy) is 1. The first-order chi connectivity index (χ1) is 7.18. The Balaban J connectivity index is 2.17. The molecule has 0 heterocycles. The SMILES string of the molecule is CC(=O)CCCOCc1cccc(Cl)c1. The molecule has 0 unspecified atom stereocenters. The Labute approximate surface area is 95.2 Å². The predicted octanol–water partition coefficient (Wildman–Crippen LogP) is 3.23. The summed E-state index contributed by atoms with van der Waals surface area (Å²) in [6.45, 7) is 2.77. The maximum absolute atomic E-state index is 10.6. The molecule has 0 bridgehead atoms. The van der Waals surface area contributed by atoms with Crippen LogP contribution in [0.1, 0.15) is 25.3 Å². The third kappa shape index (κ3) is 5.55. The quantitative estimate of drug-likeness (QED) is 0.697. The first kappa shape index (κ1) is 12.2. The summed E-state index contributed by atoms with van der Waals surface area (Å²) in [5, 5.41) is 0.722. The zero-order valence-corrected chi connectivity index (χ0v) is 9.59. The van der Waals surface area contributed by atoms with Crippen LogP contribution in [-0.4, -0.2) is 12.4 Å². The minimum atomic E-state index is 0.210. The van der Waals surface area contributed by atoms with Gasteiger partial charge in [0.15, 0.2) is 0 Å². The van der Waals surface area contributed by atoms with Crippen LogP contribution in [0.25, 0.3) is 0 Å². The van der Waals surface area contributed by atoms with Crippen molar-refractivity contribution in [3.63, 3.8) is 0 Å². The van der Waals surface area contributed by atoms with E-state index in [0.29, 0.717) is 19.6 Å². The molecule has 0 N–H and O–H groups in total. The Morgan fingerprint density at radius 2 is 2.27 bits per heavy atom. The van der Waals surface area contributed by atoms with Gasteiger partial charge in [0.05, 0.1) is 6.61 Å². The Bertz CT molecular complexity index is 323. The molecular formula is C12H15ClO2. The van der Waals surface area contributed by atoms with Gasteiger partial charge in [0.25, 0.3) is 0 Å². The number of hydrogen-bond acceptors (Lipinski definition) is 2. The summed E-state index contributed by atoms with van der Waals surface area (Å²) in [6.07, 6.45) is 1.38. The van der Waals surface area contributed by atoms with Crippen LogP contribution in [0.4, 0.5) is 0 Å². The summed E-state index contributed by atoms with van der Waals surface area (Å²) >= 11 is 5.83. The Morgan fingerprint density at radius 1 is 1.47 bits per heavy atom. The van der Waals surface area contributed by atoms with E-state index in [1.807, 2.05) is 24.3 Å². The van der Waals surface area contributed by atoms with Crippen molar-refractivity contribution in [1.82, 2.24) is 0 Å². The molecule has 82 valence electrons. The van der Waals surface area contributed by atoms with Crippen LogP contribution in [0.3, 0.4) is 0 Å². The summed E-state index contributed by atoms with van der Waals surface area (Å²) < 4.78 is 5.41. The minimum absolute atomic E-state index is 0.210. The van der Waals surface area contributed by atoms with E-state index in [2.05, 4.69) is 0 Å². The topological polar surface area (TPSA) is 26.3 Å². The molecule has 2 nitrogen and oxygen atoms in total. The number of halogens is 1. The van der Waals surface area contributed by atoms with Crippen LogP contribution < -0.4 is 0 Å². The summed E-state index contributed by atoms with van der Waals surface area (Å²) in [4.78, 5) is 10.6. The molecule has 0 aliphatic heterocycles. The van der Waals surface area contributed by atoms with Gasteiger partial charge in [-0.15, -0.1) is 0 Å². The molecule has 0 saturated heterocycles. The Morgan fingerprint density at radius 3 is 2.93 bits per heavy atom. The molecule has 1 aromatic rings. The van der Waals surface area contributed by atoms with Crippen molar-refractivity contribution in [2.24, 2.45) is 0 Å². The second kappa shape index (κ2) is 6.59. The van der Waals surface area contributed by atoms with Gasteiger partial charge in [-0.3, -0.25) is 0 Å². The zero-order chi connectivity index (χ0) is 11.1. The number of ketones is 1. The van der Waals surface area contributed by atoms with Crippen LogP contribution in [0.5, 0.6) is 0 Å². The van der Waals surface area contributed by atoms with E-state index in [9.17, 15) is 4.79 Å². The second-order valence-electron chi connectivity index (χ2n) is 3.49. The fourth-order valence-corrected chi connectivity index (χ4v) is 1.45. The molecule has 0 radical (unpaired) electrons. The summed E-state index contributed by atoms with van der Waals surface area (Å²) in [5.41, 5.74) is 1.06. The molecule has 0 amide bonds. The van der Waals surface area contributed by atoms with Crippen molar-refractivity contribution in [3.05, 3.63) is 34.9 Å². The lowest BCUT2D eigenvalue weighted by Gasteiger charge is -2.03. The lowest BCUT2D eigenvalue weighted by molar-refractivity contribution is -0.117. The number of carbonyl (C=O) groups is 1. The van der Waals surface area contributed by atoms with Crippen LogP contribution in [0.15, 0.2) is 24.3 Å². The van der Waals surface area contributed by atoms with Gasteiger partial charge in [0, 0.05) is 18.1 Å². The van der Waals surface area contributed by atoms with E-state index in [1.54, 1.807) is 6.92 Å². The van der Waals surface area contributed by atoms with Crippen LogP contribution >= 0.6 is 11.6 Å². The van der Waals surface area contributed by atoms with E-state index < -0.39 is 0 Å². The number of Topliss-reactive ketones (excluding diaryl/α,β-unsaturated/α-hetero) is 1. The first-order valence-corrected chi connectivity index (χ1v) is 5.38. The highest BCUT2D eigenvalue weighted by Crippen LogP contribution is 2.11. The number of rotatable bonds is 6. The number of benzene rings is 1. The molecule has 0 aromatic heterocycles. The molecule has 1 rings (SSSR count). The smallest absolute Gasteiger partial charge is 0.129 e. The summed E-state index contributed by atoms with van der Waals surface area (Å²) in [7, 11) is 0. The van der Waals surface area contributed by atoms with Crippen LogP contribution in [0.2, 0.25) is 5.02 Å². The van der Waals surface area contributed by atoms with Crippen molar-refractivity contribution in [3.8, 4) is 0 Å². The zero-order valence-electron chi connectivity index (χ0n) is 8.83. The van der Waals surface area contributed by atoms with E-state index in [4.69, 9.17) is 16.3 Å². The maximum Gasteiger partial charge on any atom is 0.129 e. The minimum Gasteiger partial charge on any atom is -0.377 e. The molecule has 0 saturated carbocycles. The molecule has 15 heavy (non-hydrogen) atoms. The molecule has 1 aromatic carbocycles. The average Bonchev–Trinajstić information content (AvgIpc) is 2.17. The second-order valence-corrected chi connectivity index (χ2v) is 3.92.